The van der Waals surface area contributed by atoms with Crippen LogP contribution in [0.2, 0.25) is 0 Å². The van der Waals surface area contributed by atoms with E-state index in [1.165, 1.54) is 0 Å². The van der Waals surface area contributed by atoms with Gasteiger partial charge in [-0.15, -0.1) is 0 Å². The standard InChI is InChI=1S/C12H21N3O6/c1-10(2)11(18)7(6-16)21-9(8(17)12(10,11)19)20-5-3-4-14-15-13/h7-9,16-19H,3-6H2,1-2H3/t7-,8+,9-,11-,12+/m1/s1. The van der Waals surface area contributed by atoms with Crippen molar-refractivity contribution in [3.8, 4) is 0 Å². The Morgan fingerprint density at radius 3 is 2.57 bits per heavy atom. The average molecular weight is 303 g/mol. The van der Waals surface area contributed by atoms with Gasteiger partial charge in [-0.05, 0) is 12.0 Å². The number of nitrogens with zero attached hydrogens (tertiary/aromatic N) is 3. The maximum Gasteiger partial charge on any atom is 0.186 e. The first-order valence-corrected chi connectivity index (χ1v) is 6.80. The van der Waals surface area contributed by atoms with Crippen molar-refractivity contribution in [3.63, 3.8) is 0 Å². The molecule has 4 N–H and O–H groups in total. The third-order valence-electron chi connectivity index (χ3n) is 4.79. The van der Waals surface area contributed by atoms with Gasteiger partial charge in [0.25, 0.3) is 0 Å². The summed E-state index contributed by atoms with van der Waals surface area (Å²) in [4.78, 5) is 2.60. The summed E-state index contributed by atoms with van der Waals surface area (Å²) in [6.45, 7) is 3.06. The first-order chi connectivity index (χ1) is 9.79. The summed E-state index contributed by atoms with van der Waals surface area (Å²) in [6, 6.07) is 0. The molecule has 0 aromatic rings. The van der Waals surface area contributed by atoms with E-state index in [0.717, 1.165) is 0 Å². The van der Waals surface area contributed by atoms with Crippen LogP contribution >= 0.6 is 0 Å². The van der Waals surface area contributed by atoms with Crippen LogP contribution in [-0.4, -0.2) is 69.9 Å². The van der Waals surface area contributed by atoms with Crippen LogP contribution in [0.4, 0.5) is 0 Å². The zero-order chi connectivity index (χ0) is 15.9. The molecule has 2 aliphatic rings. The number of fused-ring (bicyclic) bond motifs is 1. The second-order valence-corrected chi connectivity index (χ2v) is 5.96. The Balaban J connectivity index is 2.04. The summed E-state index contributed by atoms with van der Waals surface area (Å²) in [6.07, 6.45) is -3.24. The lowest BCUT2D eigenvalue weighted by Gasteiger charge is -2.38. The lowest BCUT2D eigenvalue weighted by atomic mass is 9.99. The molecule has 1 saturated heterocycles. The van der Waals surface area contributed by atoms with Gasteiger partial charge in [-0.25, -0.2) is 0 Å². The number of aliphatic hydroxyl groups is 4. The fourth-order valence-corrected chi connectivity index (χ4v) is 3.36. The Morgan fingerprint density at radius 2 is 2.00 bits per heavy atom. The Bertz CT molecular complexity index is 454. The van der Waals surface area contributed by atoms with Gasteiger partial charge in [-0.2, -0.15) is 0 Å². The highest BCUT2D eigenvalue weighted by atomic mass is 16.7. The topological polar surface area (TPSA) is 148 Å². The van der Waals surface area contributed by atoms with Gasteiger partial charge in [0.05, 0.1) is 6.61 Å². The van der Waals surface area contributed by atoms with Crippen molar-refractivity contribution in [3.05, 3.63) is 10.4 Å². The van der Waals surface area contributed by atoms with Crippen molar-refractivity contribution in [1.29, 1.82) is 0 Å². The fourth-order valence-electron chi connectivity index (χ4n) is 3.36. The molecule has 5 atom stereocenters. The minimum Gasteiger partial charge on any atom is -0.394 e. The number of ether oxygens (including phenoxy) is 2. The second-order valence-electron chi connectivity index (χ2n) is 5.96. The molecule has 9 nitrogen and oxygen atoms in total. The third kappa shape index (κ3) is 1.97. The van der Waals surface area contributed by atoms with Crippen LogP contribution in [0.1, 0.15) is 20.3 Å². The average Bonchev–Trinajstić information content (AvgIpc) is 2.82. The highest BCUT2D eigenvalue weighted by Gasteiger charge is 2.90. The molecule has 1 heterocycles. The molecule has 0 unspecified atom stereocenters. The number of azide groups is 1. The van der Waals surface area contributed by atoms with Crippen LogP contribution in [0.5, 0.6) is 0 Å². The van der Waals surface area contributed by atoms with Crippen LogP contribution in [-0.2, 0) is 9.47 Å². The molecule has 2 fully saturated rings. The molecule has 0 amide bonds. The molecule has 1 aliphatic carbocycles. The number of aliphatic hydroxyl groups excluding tert-OH is 2. The predicted molar refractivity (Wildman–Crippen MR) is 70.0 cm³/mol. The maximum absolute atomic E-state index is 10.6. The van der Waals surface area contributed by atoms with E-state index in [9.17, 15) is 20.4 Å². The molecular weight excluding hydrogens is 282 g/mol. The van der Waals surface area contributed by atoms with Gasteiger partial charge in [-0.3, -0.25) is 0 Å². The van der Waals surface area contributed by atoms with Crippen LogP contribution in [0, 0.1) is 5.41 Å². The molecule has 1 saturated carbocycles. The van der Waals surface area contributed by atoms with Crippen molar-refractivity contribution in [2.24, 2.45) is 10.5 Å². The first kappa shape index (κ1) is 16.4. The molecule has 21 heavy (non-hydrogen) atoms. The Hall–Kier alpha value is -0.930. The van der Waals surface area contributed by atoms with Crippen LogP contribution in [0.15, 0.2) is 5.11 Å². The molecule has 1 aliphatic heterocycles. The van der Waals surface area contributed by atoms with Crippen molar-refractivity contribution in [1.82, 2.24) is 0 Å². The summed E-state index contributed by atoms with van der Waals surface area (Å²) < 4.78 is 10.7. The zero-order valence-electron chi connectivity index (χ0n) is 12.0. The molecule has 0 aromatic carbocycles. The molecule has 0 radical (unpaired) electrons. The summed E-state index contributed by atoms with van der Waals surface area (Å²) >= 11 is 0. The van der Waals surface area contributed by atoms with Gasteiger partial charge in [0.15, 0.2) is 6.29 Å². The number of hydrogen-bond donors (Lipinski definition) is 4. The number of rotatable bonds is 6. The Morgan fingerprint density at radius 1 is 1.33 bits per heavy atom. The quantitative estimate of drug-likeness (QED) is 0.220. The van der Waals surface area contributed by atoms with Gasteiger partial charge >= 0.3 is 0 Å². The van der Waals surface area contributed by atoms with E-state index in [1.807, 2.05) is 0 Å². The van der Waals surface area contributed by atoms with E-state index in [2.05, 4.69) is 10.0 Å². The van der Waals surface area contributed by atoms with Crippen molar-refractivity contribution in [2.75, 3.05) is 19.8 Å². The molecule has 2 rings (SSSR count). The predicted octanol–water partition coefficient (Wildman–Crippen LogP) is -0.717. The van der Waals surface area contributed by atoms with Gasteiger partial charge in [-0.1, -0.05) is 19.0 Å². The summed E-state index contributed by atoms with van der Waals surface area (Å²) in [5.41, 5.74) is 3.59. The first-order valence-electron chi connectivity index (χ1n) is 6.80. The van der Waals surface area contributed by atoms with Gasteiger partial charge < -0.3 is 29.9 Å². The van der Waals surface area contributed by atoms with Gasteiger partial charge in [0, 0.05) is 23.5 Å². The zero-order valence-corrected chi connectivity index (χ0v) is 12.0. The minimum atomic E-state index is -1.80. The minimum absolute atomic E-state index is 0.147. The van der Waals surface area contributed by atoms with Crippen LogP contribution in [0.3, 0.4) is 0 Å². The fraction of sp³-hybridized carbons (Fsp3) is 1.00. The van der Waals surface area contributed by atoms with E-state index in [-0.39, 0.29) is 13.2 Å². The molecular formula is C12H21N3O6. The Labute approximate surface area is 121 Å². The molecule has 120 valence electrons. The highest BCUT2D eigenvalue weighted by Crippen LogP contribution is 2.70. The molecule has 0 spiro atoms. The largest absolute Gasteiger partial charge is 0.394 e. The highest BCUT2D eigenvalue weighted by molar-refractivity contribution is 5.38. The monoisotopic (exact) mass is 303 g/mol. The summed E-state index contributed by atoms with van der Waals surface area (Å²) in [5, 5.41) is 44.0. The molecule has 0 aromatic heterocycles. The van der Waals surface area contributed by atoms with E-state index in [1.54, 1.807) is 13.8 Å². The third-order valence-corrected chi connectivity index (χ3v) is 4.79. The Kier molecular flexibility index (Phi) is 4.20. The van der Waals surface area contributed by atoms with Crippen LogP contribution < -0.4 is 0 Å². The SMILES string of the molecule is CC1(C)[C@]2(O)[C@@H](CO)O[C@@H](OCCCN=[N+]=[N-])[C@H](O)[C@]12O. The van der Waals surface area contributed by atoms with E-state index >= 15 is 0 Å². The van der Waals surface area contributed by atoms with Crippen molar-refractivity contribution >= 4 is 0 Å². The normalized spacial score (nSPS) is 43.8. The lowest BCUT2D eigenvalue weighted by Crippen LogP contribution is -2.59. The number of hydrogen-bond acceptors (Lipinski definition) is 7. The lowest BCUT2D eigenvalue weighted by molar-refractivity contribution is -0.301. The van der Waals surface area contributed by atoms with Gasteiger partial charge in [0.1, 0.15) is 23.4 Å². The summed E-state index contributed by atoms with van der Waals surface area (Å²) in [7, 11) is 0. The van der Waals surface area contributed by atoms with E-state index in [4.69, 9.17) is 15.0 Å². The van der Waals surface area contributed by atoms with Crippen molar-refractivity contribution in [2.45, 2.75) is 50.0 Å². The smallest absolute Gasteiger partial charge is 0.186 e. The second kappa shape index (κ2) is 5.36. The van der Waals surface area contributed by atoms with Crippen LogP contribution in [0.25, 0.3) is 10.4 Å². The van der Waals surface area contributed by atoms with E-state index in [0.29, 0.717) is 6.42 Å². The maximum atomic E-state index is 10.6. The van der Waals surface area contributed by atoms with E-state index < -0.39 is 41.7 Å². The molecule has 0 bridgehead atoms. The van der Waals surface area contributed by atoms with Gasteiger partial charge in [0.2, 0.25) is 0 Å². The summed E-state index contributed by atoms with van der Waals surface area (Å²) in [5.74, 6) is 0. The van der Waals surface area contributed by atoms with Crippen molar-refractivity contribution < 1.29 is 29.9 Å². The molecule has 9 heteroatoms.